The minimum absolute atomic E-state index is 1.00. The molecule has 0 saturated heterocycles. The van der Waals surface area contributed by atoms with Crippen molar-refractivity contribution in [3.05, 3.63) is 86.0 Å². The molecular formula is C54H92N2Si2. The molecule has 3 rings (SSSR count). The maximum atomic E-state index is 12.7. The van der Waals surface area contributed by atoms with E-state index in [0.717, 1.165) is 43.5 Å². The third-order valence-corrected chi connectivity index (χ3v) is 16.2. The number of unbranched alkanes of at least 4 members (excludes halogenated alkanes) is 13. The van der Waals surface area contributed by atoms with Crippen LogP contribution in [-0.2, 0) is 38.5 Å². The van der Waals surface area contributed by atoms with Crippen LogP contribution in [-0.4, -0.2) is 20.8 Å². The molecule has 2 nitrogen and oxygen atoms in total. The SMILES string of the molecule is CCCCCCCCC1=C(c2cc(CCCCC)c(CC[Si](C)(C)C)c(CCCCC)c2)[N+](=[N-])C(c2cc(CCCCC)c(CC[Si](C)(C)C)c(CCCCC)c2)=C1. The van der Waals surface area contributed by atoms with Crippen LogP contribution in [0.15, 0.2) is 35.9 Å². The highest BCUT2D eigenvalue weighted by atomic mass is 28.3. The Morgan fingerprint density at radius 3 is 1.12 bits per heavy atom. The highest BCUT2D eigenvalue weighted by Crippen LogP contribution is 2.41. The van der Waals surface area contributed by atoms with Gasteiger partial charge in [-0.05, 0) is 135 Å². The first-order valence-corrected chi connectivity index (χ1v) is 32.4. The van der Waals surface area contributed by atoms with Gasteiger partial charge in [0.2, 0.25) is 11.4 Å². The summed E-state index contributed by atoms with van der Waals surface area (Å²) in [7, 11) is -2.42. The highest BCUT2D eigenvalue weighted by Gasteiger charge is 2.31. The van der Waals surface area contributed by atoms with Crippen molar-refractivity contribution in [1.29, 1.82) is 0 Å². The lowest BCUT2D eigenvalue weighted by atomic mass is 9.88. The third kappa shape index (κ3) is 17.1. The molecule has 0 radical (unpaired) electrons. The minimum atomic E-state index is -1.21. The van der Waals surface area contributed by atoms with Crippen molar-refractivity contribution < 1.29 is 4.70 Å². The second kappa shape index (κ2) is 26.3. The molecule has 2 aromatic rings. The maximum absolute atomic E-state index is 12.7. The number of rotatable bonds is 31. The van der Waals surface area contributed by atoms with Gasteiger partial charge in [-0.3, -0.25) is 0 Å². The van der Waals surface area contributed by atoms with Gasteiger partial charge in [-0.15, -0.1) is 0 Å². The van der Waals surface area contributed by atoms with Crippen LogP contribution >= 0.6 is 0 Å². The molecule has 0 amide bonds. The van der Waals surface area contributed by atoms with Crippen LogP contribution in [0.25, 0.3) is 16.9 Å². The Balaban J connectivity index is 2.23. The summed E-state index contributed by atoms with van der Waals surface area (Å²) in [6.07, 6.45) is 33.2. The molecule has 4 heteroatoms. The van der Waals surface area contributed by atoms with Crippen molar-refractivity contribution in [3.8, 4) is 0 Å². The average Bonchev–Trinajstić information content (AvgIpc) is 3.50. The van der Waals surface area contributed by atoms with E-state index in [1.54, 1.807) is 38.1 Å². The monoisotopic (exact) mass is 825 g/mol. The minimum Gasteiger partial charge on any atom is -0.493 e. The second-order valence-corrected chi connectivity index (χ2v) is 32.0. The van der Waals surface area contributed by atoms with Crippen molar-refractivity contribution >= 4 is 27.5 Å². The largest absolute Gasteiger partial charge is 0.493 e. The first-order valence-electron chi connectivity index (χ1n) is 25.0. The topological polar surface area (TPSA) is 25.3 Å². The predicted octanol–water partition coefficient (Wildman–Crippen LogP) is 17.9. The molecule has 2 aromatic carbocycles. The molecule has 0 bridgehead atoms. The van der Waals surface area contributed by atoms with Gasteiger partial charge >= 0.3 is 0 Å². The number of hydrogen-bond acceptors (Lipinski definition) is 0. The summed E-state index contributed by atoms with van der Waals surface area (Å²) in [5.74, 6) is 0. The molecule has 0 N–H and O–H groups in total. The van der Waals surface area contributed by atoms with Crippen molar-refractivity contribution in [2.75, 3.05) is 0 Å². The van der Waals surface area contributed by atoms with Crippen LogP contribution in [0.1, 0.15) is 201 Å². The van der Waals surface area contributed by atoms with E-state index in [1.807, 2.05) is 0 Å². The standard InChI is InChI=1S/C54H92N2Si2/c1-12-17-22-23-24-29-34-48-43-53(49-39-44(30-25-18-13-2)51(35-37-57(6,7)8)45(40-49)31-26-19-14-3)56(55)54(48)50-41-46(32-27-20-15-4)52(36-38-58(9,10)11)47(42-50)33-28-21-16-5/h39-43H,12-38H2,1-11H3. The number of allylic oxidation sites excluding steroid dienone is 2. The van der Waals surface area contributed by atoms with Crippen LogP contribution in [0, 0.1) is 0 Å². The number of aryl methyl sites for hydroxylation is 4. The zero-order chi connectivity index (χ0) is 42.6. The van der Waals surface area contributed by atoms with Gasteiger partial charge in [-0.1, -0.05) is 169 Å². The van der Waals surface area contributed by atoms with Gasteiger partial charge in [0.1, 0.15) is 0 Å². The Kier molecular flexibility index (Phi) is 22.8. The van der Waals surface area contributed by atoms with Gasteiger partial charge in [-0.2, -0.15) is 0 Å². The number of benzene rings is 2. The molecule has 326 valence electrons. The molecule has 1 aliphatic heterocycles. The molecule has 0 spiro atoms. The first kappa shape index (κ1) is 50.3. The summed E-state index contributed by atoms with van der Waals surface area (Å²) in [6, 6.07) is 12.8. The normalized spacial score (nSPS) is 13.6. The molecule has 58 heavy (non-hydrogen) atoms. The quantitative estimate of drug-likeness (QED) is 0.0411. The molecule has 0 saturated carbocycles. The van der Waals surface area contributed by atoms with E-state index in [4.69, 9.17) is 0 Å². The lowest BCUT2D eigenvalue weighted by Crippen LogP contribution is -2.21. The molecule has 0 unspecified atom stereocenters. The van der Waals surface area contributed by atoms with Gasteiger partial charge in [0.05, 0.1) is 0 Å². The van der Waals surface area contributed by atoms with E-state index in [-0.39, 0.29) is 0 Å². The summed E-state index contributed by atoms with van der Waals surface area (Å²) in [5.41, 5.74) is 28.1. The van der Waals surface area contributed by atoms with Crippen LogP contribution < -0.4 is 0 Å². The van der Waals surface area contributed by atoms with E-state index in [9.17, 15) is 5.53 Å². The first-order chi connectivity index (χ1) is 27.8. The van der Waals surface area contributed by atoms with Gasteiger partial charge in [0.25, 0.3) is 0 Å². The predicted molar refractivity (Wildman–Crippen MR) is 266 cm³/mol. The van der Waals surface area contributed by atoms with Crippen molar-refractivity contribution in [1.82, 2.24) is 0 Å². The van der Waals surface area contributed by atoms with Crippen LogP contribution in [0.4, 0.5) is 0 Å². The summed E-state index contributed by atoms with van der Waals surface area (Å²) >= 11 is 0. The molecular weight excluding hydrogens is 733 g/mol. The fraction of sp³-hybridized carbons (Fsp3) is 0.704. The van der Waals surface area contributed by atoms with Crippen molar-refractivity contribution in [2.24, 2.45) is 0 Å². The molecule has 0 aromatic heterocycles. The summed E-state index contributed by atoms with van der Waals surface area (Å²) in [5, 5.41) is 0. The van der Waals surface area contributed by atoms with Gasteiger partial charge < -0.3 is 5.53 Å². The fourth-order valence-electron chi connectivity index (χ4n) is 9.03. The lowest BCUT2D eigenvalue weighted by Gasteiger charge is -2.22. The van der Waals surface area contributed by atoms with Crippen molar-refractivity contribution in [2.45, 2.75) is 247 Å². The van der Waals surface area contributed by atoms with E-state index in [2.05, 4.69) is 104 Å². The van der Waals surface area contributed by atoms with Gasteiger partial charge in [0.15, 0.2) is 0 Å². The number of nitrogens with zero attached hydrogens (tertiary/aromatic N) is 2. The van der Waals surface area contributed by atoms with Gasteiger partial charge in [-0.25, -0.2) is 4.70 Å². The second-order valence-electron chi connectivity index (χ2n) is 20.7. The van der Waals surface area contributed by atoms with E-state index < -0.39 is 16.1 Å². The van der Waals surface area contributed by atoms with Gasteiger partial charge in [0, 0.05) is 38.9 Å². The maximum Gasteiger partial charge on any atom is 0.210 e. The summed E-state index contributed by atoms with van der Waals surface area (Å²) in [4.78, 5) is 0. The smallest absolute Gasteiger partial charge is 0.210 e. The Morgan fingerprint density at radius 1 is 0.414 bits per heavy atom. The Morgan fingerprint density at radius 2 is 0.741 bits per heavy atom. The average molecular weight is 826 g/mol. The Labute approximate surface area is 363 Å². The number of hydrogen-bond donors (Lipinski definition) is 0. The summed E-state index contributed by atoms with van der Waals surface area (Å²) < 4.78 is 1.66. The Bertz CT molecular complexity index is 1540. The fourth-order valence-corrected chi connectivity index (χ4v) is 11.0. The zero-order valence-corrected chi connectivity index (χ0v) is 42.4. The lowest BCUT2D eigenvalue weighted by molar-refractivity contribution is -0.344. The van der Waals surface area contributed by atoms with Crippen LogP contribution in [0.2, 0.25) is 51.4 Å². The third-order valence-electron chi connectivity index (χ3n) is 12.7. The van der Waals surface area contributed by atoms with Crippen LogP contribution in [0.3, 0.4) is 0 Å². The van der Waals surface area contributed by atoms with Crippen molar-refractivity contribution in [3.63, 3.8) is 0 Å². The van der Waals surface area contributed by atoms with E-state index >= 15 is 0 Å². The zero-order valence-electron chi connectivity index (χ0n) is 40.4. The molecule has 0 fully saturated rings. The molecule has 1 aliphatic rings. The molecule has 1 heterocycles. The van der Waals surface area contributed by atoms with E-state index in [1.165, 1.54) is 157 Å². The molecule has 0 aliphatic carbocycles. The summed E-state index contributed by atoms with van der Waals surface area (Å²) in [6.45, 7) is 26.8. The molecule has 0 atom stereocenters. The highest BCUT2D eigenvalue weighted by molar-refractivity contribution is 6.76. The Hall–Kier alpha value is -2.05. The van der Waals surface area contributed by atoms with E-state index in [0.29, 0.717) is 0 Å². The van der Waals surface area contributed by atoms with Crippen LogP contribution in [0.5, 0.6) is 0 Å².